The molecule has 0 aromatic carbocycles. The van der Waals surface area contributed by atoms with Crippen LogP contribution in [0.25, 0.3) is 11.3 Å². The summed E-state index contributed by atoms with van der Waals surface area (Å²) in [6.07, 6.45) is 3.41. The molecule has 98 valence electrons. The Morgan fingerprint density at radius 3 is 2.53 bits per heavy atom. The SMILES string of the molecule is COC(=O)CN(C)c1ccc(-c2ccncc2)nn1. The molecular formula is C13H14N4O2. The number of nitrogens with zero attached hydrogens (tertiary/aromatic N) is 4. The van der Waals surface area contributed by atoms with Crippen molar-refractivity contribution >= 4 is 11.8 Å². The minimum atomic E-state index is -0.317. The molecule has 0 amide bonds. The molecule has 0 spiro atoms. The van der Waals surface area contributed by atoms with Crippen LogP contribution in [0.1, 0.15) is 0 Å². The molecule has 0 aliphatic rings. The lowest BCUT2D eigenvalue weighted by molar-refractivity contribution is -0.138. The van der Waals surface area contributed by atoms with Gasteiger partial charge in [-0.05, 0) is 24.3 Å². The average molecular weight is 258 g/mol. The van der Waals surface area contributed by atoms with Gasteiger partial charge in [0.2, 0.25) is 0 Å². The third-order valence-corrected chi connectivity index (χ3v) is 2.61. The van der Waals surface area contributed by atoms with Crippen LogP contribution < -0.4 is 4.90 Å². The Labute approximate surface area is 111 Å². The van der Waals surface area contributed by atoms with Gasteiger partial charge in [-0.2, -0.15) is 0 Å². The van der Waals surface area contributed by atoms with E-state index in [0.717, 1.165) is 11.3 Å². The molecule has 6 heteroatoms. The summed E-state index contributed by atoms with van der Waals surface area (Å²) in [7, 11) is 3.11. The number of carbonyl (C=O) groups is 1. The Bertz CT molecular complexity index is 542. The predicted molar refractivity (Wildman–Crippen MR) is 70.5 cm³/mol. The van der Waals surface area contributed by atoms with Crippen molar-refractivity contribution in [2.24, 2.45) is 0 Å². The van der Waals surface area contributed by atoms with Crippen LogP contribution in [0.15, 0.2) is 36.7 Å². The van der Waals surface area contributed by atoms with E-state index in [4.69, 9.17) is 0 Å². The molecule has 0 bridgehead atoms. The third-order valence-electron chi connectivity index (χ3n) is 2.61. The van der Waals surface area contributed by atoms with Gasteiger partial charge in [-0.1, -0.05) is 0 Å². The molecule has 6 nitrogen and oxygen atoms in total. The van der Waals surface area contributed by atoms with Crippen molar-refractivity contribution in [2.75, 3.05) is 25.6 Å². The number of anilines is 1. The molecule has 0 N–H and O–H groups in total. The number of methoxy groups -OCH3 is 1. The fourth-order valence-corrected chi connectivity index (χ4v) is 1.54. The van der Waals surface area contributed by atoms with E-state index in [2.05, 4.69) is 19.9 Å². The third kappa shape index (κ3) is 3.25. The highest BCUT2D eigenvalue weighted by molar-refractivity contribution is 5.75. The van der Waals surface area contributed by atoms with Crippen LogP contribution in [0.3, 0.4) is 0 Å². The minimum Gasteiger partial charge on any atom is -0.468 e. The number of aromatic nitrogens is 3. The molecule has 0 saturated heterocycles. The van der Waals surface area contributed by atoms with Crippen molar-refractivity contribution in [3.63, 3.8) is 0 Å². The number of hydrogen-bond acceptors (Lipinski definition) is 6. The van der Waals surface area contributed by atoms with E-state index in [1.54, 1.807) is 24.3 Å². The Morgan fingerprint density at radius 1 is 1.21 bits per heavy atom. The van der Waals surface area contributed by atoms with Gasteiger partial charge in [0.25, 0.3) is 0 Å². The Hall–Kier alpha value is -2.50. The molecule has 0 radical (unpaired) electrons. The summed E-state index contributed by atoms with van der Waals surface area (Å²) in [6, 6.07) is 7.39. The molecule has 2 aromatic rings. The molecule has 0 unspecified atom stereocenters. The lowest BCUT2D eigenvalue weighted by Crippen LogP contribution is -2.27. The fourth-order valence-electron chi connectivity index (χ4n) is 1.54. The fraction of sp³-hybridized carbons (Fsp3) is 0.231. The predicted octanol–water partition coefficient (Wildman–Crippen LogP) is 1.15. The molecule has 2 aromatic heterocycles. The van der Waals surface area contributed by atoms with Gasteiger partial charge in [0.15, 0.2) is 5.82 Å². The number of hydrogen-bond donors (Lipinski definition) is 0. The summed E-state index contributed by atoms with van der Waals surface area (Å²) in [4.78, 5) is 16.8. The molecule has 2 rings (SSSR count). The van der Waals surface area contributed by atoms with Gasteiger partial charge in [-0.15, -0.1) is 10.2 Å². The van der Waals surface area contributed by atoms with Gasteiger partial charge in [0.05, 0.1) is 12.8 Å². The van der Waals surface area contributed by atoms with Crippen molar-refractivity contribution < 1.29 is 9.53 Å². The van der Waals surface area contributed by atoms with Crippen LogP contribution in [0.5, 0.6) is 0 Å². The van der Waals surface area contributed by atoms with Gasteiger partial charge in [-0.25, -0.2) is 0 Å². The molecule has 2 heterocycles. The number of esters is 1. The van der Waals surface area contributed by atoms with Crippen LogP contribution in [0.4, 0.5) is 5.82 Å². The Balaban J connectivity index is 2.12. The molecule has 0 atom stereocenters. The lowest BCUT2D eigenvalue weighted by atomic mass is 10.2. The van der Waals surface area contributed by atoms with Gasteiger partial charge < -0.3 is 9.64 Å². The van der Waals surface area contributed by atoms with E-state index in [-0.39, 0.29) is 12.5 Å². The van der Waals surface area contributed by atoms with E-state index in [0.29, 0.717) is 5.82 Å². The van der Waals surface area contributed by atoms with Crippen molar-refractivity contribution in [1.29, 1.82) is 0 Å². The summed E-state index contributed by atoms with van der Waals surface area (Å²) < 4.78 is 4.60. The van der Waals surface area contributed by atoms with Crippen molar-refractivity contribution in [3.8, 4) is 11.3 Å². The van der Waals surface area contributed by atoms with E-state index < -0.39 is 0 Å². The van der Waals surface area contributed by atoms with Crippen molar-refractivity contribution in [2.45, 2.75) is 0 Å². The molecule has 0 aliphatic carbocycles. The highest BCUT2D eigenvalue weighted by Gasteiger charge is 2.09. The normalized spacial score (nSPS) is 10.0. The van der Waals surface area contributed by atoms with Crippen LogP contribution in [0.2, 0.25) is 0 Å². The minimum absolute atomic E-state index is 0.139. The number of carbonyl (C=O) groups excluding carboxylic acids is 1. The maximum absolute atomic E-state index is 11.2. The monoisotopic (exact) mass is 258 g/mol. The second kappa shape index (κ2) is 5.90. The topological polar surface area (TPSA) is 68.2 Å². The number of ether oxygens (including phenoxy) is 1. The maximum atomic E-state index is 11.2. The van der Waals surface area contributed by atoms with Crippen molar-refractivity contribution in [3.05, 3.63) is 36.7 Å². The summed E-state index contributed by atoms with van der Waals surface area (Å²) in [6.45, 7) is 0.139. The molecule has 19 heavy (non-hydrogen) atoms. The van der Waals surface area contributed by atoms with Gasteiger partial charge in [-0.3, -0.25) is 9.78 Å². The van der Waals surface area contributed by atoms with E-state index in [1.807, 2.05) is 24.3 Å². The van der Waals surface area contributed by atoms with Crippen LogP contribution >= 0.6 is 0 Å². The van der Waals surface area contributed by atoms with Crippen LogP contribution in [0, 0.1) is 0 Å². The zero-order chi connectivity index (χ0) is 13.7. The zero-order valence-corrected chi connectivity index (χ0v) is 10.8. The number of likely N-dealkylation sites (N-methyl/N-ethyl adjacent to an activating group) is 1. The second-order valence-electron chi connectivity index (χ2n) is 3.94. The average Bonchev–Trinajstić information content (AvgIpc) is 2.48. The van der Waals surface area contributed by atoms with E-state index in [9.17, 15) is 4.79 Å². The molecule has 0 aliphatic heterocycles. The second-order valence-corrected chi connectivity index (χ2v) is 3.94. The Morgan fingerprint density at radius 2 is 1.95 bits per heavy atom. The quantitative estimate of drug-likeness (QED) is 0.766. The van der Waals surface area contributed by atoms with Gasteiger partial charge in [0.1, 0.15) is 6.54 Å². The first-order valence-electron chi connectivity index (χ1n) is 5.73. The summed E-state index contributed by atoms with van der Waals surface area (Å²) in [5.41, 5.74) is 1.71. The van der Waals surface area contributed by atoms with Crippen LogP contribution in [-0.4, -0.2) is 41.9 Å². The molecule has 0 fully saturated rings. The van der Waals surface area contributed by atoms with Crippen molar-refractivity contribution in [1.82, 2.24) is 15.2 Å². The van der Waals surface area contributed by atoms with E-state index >= 15 is 0 Å². The first-order valence-corrected chi connectivity index (χ1v) is 5.73. The largest absolute Gasteiger partial charge is 0.468 e. The molecule has 0 saturated carbocycles. The first kappa shape index (κ1) is 12.9. The smallest absolute Gasteiger partial charge is 0.325 e. The maximum Gasteiger partial charge on any atom is 0.325 e. The van der Waals surface area contributed by atoms with Gasteiger partial charge >= 0.3 is 5.97 Å². The summed E-state index contributed by atoms with van der Waals surface area (Å²) >= 11 is 0. The zero-order valence-electron chi connectivity index (χ0n) is 10.8. The number of rotatable bonds is 4. The van der Waals surface area contributed by atoms with Crippen LogP contribution in [-0.2, 0) is 9.53 Å². The highest BCUT2D eigenvalue weighted by atomic mass is 16.5. The first-order chi connectivity index (χ1) is 9.20. The summed E-state index contributed by atoms with van der Waals surface area (Å²) in [5, 5.41) is 8.22. The molecular weight excluding hydrogens is 244 g/mol. The number of pyridine rings is 1. The van der Waals surface area contributed by atoms with Gasteiger partial charge in [0, 0.05) is 25.0 Å². The standard InChI is InChI=1S/C13H14N4O2/c1-17(9-13(18)19-2)12-4-3-11(15-16-12)10-5-7-14-8-6-10/h3-8H,9H2,1-2H3. The Kier molecular flexibility index (Phi) is 4.02. The van der Waals surface area contributed by atoms with E-state index in [1.165, 1.54) is 7.11 Å². The summed E-state index contributed by atoms with van der Waals surface area (Å²) in [5.74, 6) is 0.297. The highest BCUT2D eigenvalue weighted by Crippen LogP contribution is 2.16. The lowest BCUT2D eigenvalue weighted by Gasteiger charge is -2.15.